The zero-order valence-corrected chi connectivity index (χ0v) is 23.6. The minimum Gasteiger partial charge on any atom is -0.350 e. The number of sulfonamides is 1. The smallest absolute Gasteiger partial charge is 0.350 e. The van der Waals surface area contributed by atoms with Gasteiger partial charge in [0.15, 0.2) is 0 Å². The van der Waals surface area contributed by atoms with Crippen LogP contribution in [0.4, 0.5) is 18.9 Å². The lowest BCUT2D eigenvalue weighted by Gasteiger charge is -2.26. The van der Waals surface area contributed by atoms with E-state index in [4.69, 9.17) is 11.6 Å². The van der Waals surface area contributed by atoms with Crippen LogP contribution < -0.4 is 9.62 Å². The number of hydrogen-bond acceptors (Lipinski definition) is 4. The van der Waals surface area contributed by atoms with Gasteiger partial charge in [-0.3, -0.25) is 14.0 Å². The van der Waals surface area contributed by atoms with Crippen LogP contribution in [0.5, 0.6) is 0 Å². The van der Waals surface area contributed by atoms with E-state index < -0.39 is 39.2 Å². The van der Waals surface area contributed by atoms with Crippen molar-refractivity contribution in [2.45, 2.75) is 50.3 Å². The molecule has 6 nitrogen and oxygen atoms in total. The maximum absolute atomic E-state index is 13.6. The summed E-state index contributed by atoms with van der Waals surface area (Å²) in [7, 11) is -4.39. The summed E-state index contributed by atoms with van der Waals surface area (Å²) >= 11 is 5.76. The number of carbonyl (C=O) groups is 1. The van der Waals surface area contributed by atoms with Crippen molar-refractivity contribution < 1.29 is 26.4 Å². The number of carbonyl (C=O) groups excluding carboxylic acids is 1. The van der Waals surface area contributed by atoms with Gasteiger partial charge in [-0.05, 0) is 74.3 Å². The SMILES string of the molecule is Cc1ccc(S(=O)(=O)N(CC(=O)NCc2cccc(CN3CCCCC3)c2)c2ccc(Cl)c(C(F)(F)F)c2)cc1. The number of halogens is 4. The first-order chi connectivity index (χ1) is 18.9. The highest BCUT2D eigenvalue weighted by Crippen LogP contribution is 2.38. The van der Waals surface area contributed by atoms with Gasteiger partial charge in [-0.15, -0.1) is 0 Å². The number of nitrogens with one attached hydrogen (secondary N) is 1. The molecule has 0 saturated carbocycles. The molecule has 0 aliphatic carbocycles. The van der Waals surface area contributed by atoms with E-state index in [0.717, 1.165) is 48.5 Å². The lowest BCUT2D eigenvalue weighted by Crippen LogP contribution is -2.40. The summed E-state index contributed by atoms with van der Waals surface area (Å²) in [6.45, 7) is 4.10. The van der Waals surface area contributed by atoms with Gasteiger partial charge in [0.1, 0.15) is 6.54 Å². The molecule has 3 aromatic rings. The van der Waals surface area contributed by atoms with Gasteiger partial charge < -0.3 is 5.32 Å². The van der Waals surface area contributed by atoms with Gasteiger partial charge in [0.2, 0.25) is 5.91 Å². The lowest BCUT2D eigenvalue weighted by molar-refractivity contribution is -0.137. The van der Waals surface area contributed by atoms with E-state index in [-0.39, 0.29) is 17.1 Å². The van der Waals surface area contributed by atoms with E-state index in [1.807, 2.05) is 24.3 Å². The Morgan fingerprint density at radius 2 is 1.65 bits per heavy atom. The Kier molecular flexibility index (Phi) is 9.43. The van der Waals surface area contributed by atoms with Gasteiger partial charge >= 0.3 is 6.18 Å². The monoisotopic (exact) mass is 593 g/mol. The number of amides is 1. The summed E-state index contributed by atoms with van der Waals surface area (Å²) in [6.07, 6.45) is -1.22. The van der Waals surface area contributed by atoms with Crippen molar-refractivity contribution >= 4 is 33.2 Å². The highest BCUT2D eigenvalue weighted by Gasteiger charge is 2.35. The number of alkyl halides is 3. The fourth-order valence-electron chi connectivity index (χ4n) is 4.64. The Morgan fingerprint density at radius 1 is 0.975 bits per heavy atom. The Balaban J connectivity index is 1.55. The summed E-state index contributed by atoms with van der Waals surface area (Å²) < 4.78 is 68.5. The molecule has 0 spiro atoms. The Labute approximate surface area is 237 Å². The van der Waals surface area contributed by atoms with Crippen LogP contribution in [0.25, 0.3) is 0 Å². The molecule has 1 aliphatic heterocycles. The predicted molar refractivity (Wildman–Crippen MR) is 150 cm³/mol. The highest BCUT2D eigenvalue weighted by molar-refractivity contribution is 7.92. The number of aryl methyl sites for hydroxylation is 1. The third-order valence-corrected chi connectivity index (χ3v) is 8.89. The molecule has 0 aromatic heterocycles. The molecule has 11 heteroatoms. The molecule has 4 rings (SSSR count). The standard InChI is InChI=1S/C29H31ClF3N3O3S/c1-21-8-11-25(12-9-21)40(38,39)36(24-10-13-27(30)26(17-24)29(31,32)33)20-28(37)34-18-22-6-5-7-23(16-22)19-35-14-3-2-4-15-35/h5-13,16-17H,2-4,14-15,18-20H2,1H3,(H,34,37). The molecule has 1 amide bonds. The molecule has 0 radical (unpaired) electrons. The third kappa shape index (κ3) is 7.56. The van der Waals surface area contributed by atoms with Gasteiger partial charge in [-0.25, -0.2) is 8.42 Å². The van der Waals surface area contributed by atoms with Crippen molar-refractivity contribution in [2.75, 3.05) is 23.9 Å². The van der Waals surface area contributed by atoms with E-state index in [2.05, 4.69) is 10.2 Å². The molecule has 1 heterocycles. The number of rotatable bonds is 9. The summed E-state index contributed by atoms with van der Waals surface area (Å²) in [6, 6.07) is 16.4. The first-order valence-electron chi connectivity index (χ1n) is 13.0. The molecule has 1 fully saturated rings. The number of piperidine rings is 1. The zero-order chi connectivity index (χ0) is 28.9. The van der Waals surface area contributed by atoms with Crippen molar-refractivity contribution in [3.05, 3.63) is 94.0 Å². The first kappa shape index (κ1) is 29.9. The molecule has 3 aromatic carbocycles. The molecular weight excluding hydrogens is 563 g/mol. The fraction of sp³-hybridized carbons (Fsp3) is 0.345. The number of benzene rings is 3. The molecule has 1 aliphatic rings. The molecule has 0 atom stereocenters. The molecular formula is C29H31ClF3N3O3S. The summed E-state index contributed by atoms with van der Waals surface area (Å²) in [5.74, 6) is -0.666. The third-order valence-electron chi connectivity index (χ3n) is 6.78. The second kappa shape index (κ2) is 12.6. The van der Waals surface area contributed by atoms with Crippen molar-refractivity contribution in [2.24, 2.45) is 0 Å². The second-order valence-corrected chi connectivity index (χ2v) is 12.2. The van der Waals surface area contributed by atoms with Gasteiger partial charge in [0.05, 0.1) is 21.2 Å². The van der Waals surface area contributed by atoms with Crippen LogP contribution in [0.15, 0.2) is 71.6 Å². The van der Waals surface area contributed by atoms with E-state index in [1.54, 1.807) is 19.1 Å². The Bertz CT molecular complexity index is 1440. The minimum atomic E-state index is -4.81. The van der Waals surface area contributed by atoms with Crippen molar-refractivity contribution in [3.63, 3.8) is 0 Å². The number of hydrogen-bond donors (Lipinski definition) is 1. The number of anilines is 1. The Morgan fingerprint density at radius 3 is 2.33 bits per heavy atom. The van der Waals surface area contributed by atoms with Crippen molar-refractivity contribution in [1.29, 1.82) is 0 Å². The van der Waals surface area contributed by atoms with Crippen LogP contribution in [0, 0.1) is 6.92 Å². The molecule has 1 saturated heterocycles. The number of likely N-dealkylation sites (tertiary alicyclic amines) is 1. The van der Waals surface area contributed by atoms with Crippen LogP contribution in [0.1, 0.15) is 41.5 Å². The topological polar surface area (TPSA) is 69.7 Å². The van der Waals surface area contributed by atoms with Crippen molar-refractivity contribution in [1.82, 2.24) is 10.2 Å². The van der Waals surface area contributed by atoms with E-state index in [1.165, 1.54) is 31.4 Å². The van der Waals surface area contributed by atoms with Gasteiger partial charge in [0.25, 0.3) is 10.0 Å². The van der Waals surface area contributed by atoms with E-state index in [9.17, 15) is 26.4 Å². The molecule has 0 bridgehead atoms. The molecule has 214 valence electrons. The second-order valence-electron chi connectivity index (χ2n) is 9.92. The fourth-order valence-corrected chi connectivity index (χ4v) is 6.28. The molecule has 1 N–H and O–H groups in total. The minimum absolute atomic E-state index is 0.138. The average molecular weight is 594 g/mol. The van der Waals surface area contributed by atoms with Gasteiger partial charge in [-0.1, -0.05) is 60.0 Å². The van der Waals surface area contributed by atoms with Crippen LogP contribution in [0.2, 0.25) is 5.02 Å². The highest BCUT2D eigenvalue weighted by atomic mass is 35.5. The number of nitrogens with zero attached hydrogens (tertiary/aromatic N) is 2. The van der Waals surface area contributed by atoms with Crippen molar-refractivity contribution in [3.8, 4) is 0 Å². The molecule has 40 heavy (non-hydrogen) atoms. The zero-order valence-electron chi connectivity index (χ0n) is 22.0. The summed E-state index contributed by atoms with van der Waals surface area (Å²) in [5, 5.41) is 2.14. The largest absolute Gasteiger partial charge is 0.417 e. The quantitative estimate of drug-likeness (QED) is 0.322. The van der Waals surface area contributed by atoms with Gasteiger partial charge in [-0.2, -0.15) is 13.2 Å². The van der Waals surface area contributed by atoms with Crippen LogP contribution in [-0.2, 0) is 34.1 Å². The average Bonchev–Trinajstić information content (AvgIpc) is 2.91. The normalized spacial score (nSPS) is 14.6. The predicted octanol–water partition coefficient (Wildman–Crippen LogP) is 6.16. The van der Waals surface area contributed by atoms with E-state index in [0.29, 0.717) is 10.4 Å². The van der Waals surface area contributed by atoms with Crippen LogP contribution >= 0.6 is 11.6 Å². The lowest BCUT2D eigenvalue weighted by atomic mass is 10.1. The van der Waals surface area contributed by atoms with Gasteiger partial charge in [0, 0.05) is 13.1 Å². The molecule has 0 unspecified atom stereocenters. The van der Waals surface area contributed by atoms with Crippen LogP contribution in [0.3, 0.4) is 0 Å². The summed E-state index contributed by atoms with van der Waals surface area (Å²) in [4.78, 5) is 15.2. The van der Waals surface area contributed by atoms with Crippen LogP contribution in [-0.4, -0.2) is 38.9 Å². The maximum atomic E-state index is 13.6. The summed E-state index contributed by atoms with van der Waals surface area (Å²) in [5.41, 5.74) is 1.23. The maximum Gasteiger partial charge on any atom is 0.417 e. The Hall–Kier alpha value is -3.08. The van der Waals surface area contributed by atoms with E-state index >= 15 is 0 Å². The first-order valence-corrected chi connectivity index (χ1v) is 14.8.